The van der Waals surface area contributed by atoms with Crippen molar-refractivity contribution in [2.75, 3.05) is 0 Å². The minimum Gasteiger partial charge on any atom is -0.188 e. The lowest BCUT2D eigenvalue weighted by Crippen LogP contribution is -2.08. The molecule has 0 bridgehead atoms. The molecule has 0 aliphatic rings. The van der Waals surface area contributed by atoms with Gasteiger partial charge in [-0.15, -0.1) is 0 Å². The molecule has 0 spiro atoms. The molecule has 3 N–H and O–H groups in total. The van der Waals surface area contributed by atoms with E-state index >= 15 is 0 Å². The minimum absolute atomic E-state index is 0.233. The number of hydrogen-bond acceptors (Lipinski definition) is 4. The van der Waals surface area contributed by atoms with E-state index in [2.05, 4.69) is 0 Å². The van der Waals surface area contributed by atoms with E-state index in [0.29, 0.717) is 5.56 Å². The van der Waals surface area contributed by atoms with Crippen molar-refractivity contribution in [1.29, 1.82) is 0 Å². The maximum absolute atomic E-state index is 9.82. The number of aryl methyl sites for hydroxylation is 2. The van der Waals surface area contributed by atoms with Gasteiger partial charge >= 0.3 is 7.94 Å². The molecule has 0 aliphatic heterocycles. The van der Waals surface area contributed by atoms with Gasteiger partial charge in [-0.1, -0.05) is 71.0 Å². The average Bonchev–Trinajstić information content (AvgIpc) is 2.94. The van der Waals surface area contributed by atoms with E-state index in [1.54, 1.807) is 0 Å². The van der Waals surface area contributed by atoms with Gasteiger partial charge in [0.05, 0.1) is 5.56 Å². The maximum atomic E-state index is 9.82. The summed E-state index contributed by atoms with van der Waals surface area (Å²) in [6.45, 7) is 4.02. The fraction of sp³-hybridized carbons (Fsp3) is 0.111. The third-order valence-corrected chi connectivity index (χ3v) is 6.35. The van der Waals surface area contributed by atoms with Crippen LogP contribution in [0, 0.1) is 13.8 Å². The molecule has 1 heterocycles. The number of thiophene rings is 1. The Balaban J connectivity index is 2.23. The molecule has 0 atom stereocenters. The van der Waals surface area contributed by atoms with Gasteiger partial charge in [0.1, 0.15) is 0 Å². The Morgan fingerprint density at radius 1 is 0.739 bits per heavy atom. The van der Waals surface area contributed by atoms with Crippen molar-refractivity contribution in [3.05, 3.63) is 65.0 Å². The van der Waals surface area contributed by atoms with Crippen LogP contribution in [0.3, 0.4) is 0 Å². The zero-order valence-corrected chi connectivity index (χ0v) is 14.6. The fourth-order valence-electron chi connectivity index (χ4n) is 2.51. The molecule has 0 saturated heterocycles. The largest absolute Gasteiger partial charge is 0.452 e. The average molecular weight is 345 g/mol. The van der Waals surface area contributed by atoms with E-state index in [9.17, 15) is 14.7 Å². The molecular formula is C18H18O3PS+. The Morgan fingerprint density at radius 2 is 1.22 bits per heavy atom. The van der Waals surface area contributed by atoms with Gasteiger partial charge in [-0.3, -0.25) is 0 Å². The van der Waals surface area contributed by atoms with E-state index in [4.69, 9.17) is 0 Å². The van der Waals surface area contributed by atoms with Crippen molar-refractivity contribution in [1.82, 2.24) is 0 Å². The topological polar surface area (TPSA) is 60.7 Å². The minimum atomic E-state index is -4.07. The van der Waals surface area contributed by atoms with E-state index < -0.39 is 7.94 Å². The first kappa shape index (κ1) is 16.3. The van der Waals surface area contributed by atoms with Crippen LogP contribution in [0.1, 0.15) is 11.1 Å². The number of hydrogen-bond donors (Lipinski definition) is 3. The molecule has 0 aliphatic carbocycles. The molecule has 23 heavy (non-hydrogen) atoms. The Kier molecular flexibility index (Phi) is 4.37. The van der Waals surface area contributed by atoms with E-state index in [1.807, 2.05) is 67.8 Å². The second-order valence-corrected chi connectivity index (χ2v) is 8.40. The first-order valence-corrected chi connectivity index (χ1v) is 9.72. The van der Waals surface area contributed by atoms with Crippen molar-refractivity contribution in [2.45, 2.75) is 13.8 Å². The summed E-state index contributed by atoms with van der Waals surface area (Å²) in [6, 6.07) is 15.9. The monoisotopic (exact) mass is 345 g/mol. The zero-order valence-electron chi connectivity index (χ0n) is 12.9. The van der Waals surface area contributed by atoms with Crippen molar-refractivity contribution in [3.8, 4) is 22.3 Å². The summed E-state index contributed by atoms with van der Waals surface area (Å²) in [7, 11) is -4.07. The molecule has 0 unspecified atom stereocenters. The molecule has 0 radical (unpaired) electrons. The molecule has 3 aromatic rings. The Morgan fingerprint density at radius 3 is 1.70 bits per heavy atom. The predicted octanol–water partition coefficient (Wildman–Crippen LogP) is 4.06. The van der Waals surface area contributed by atoms with E-state index in [1.165, 1.54) is 11.3 Å². The fourth-order valence-corrected chi connectivity index (χ4v) is 4.62. The van der Waals surface area contributed by atoms with Crippen LogP contribution < -0.4 is 4.62 Å². The molecule has 118 valence electrons. The van der Waals surface area contributed by atoms with Gasteiger partial charge in [0.25, 0.3) is 0 Å². The molecule has 5 heteroatoms. The Labute approximate surface area is 140 Å². The van der Waals surface area contributed by atoms with Crippen LogP contribution in [0.2, 0.25) is 0 Å². The highest BCUT2D eigenvalue weighted by molar-refractivity contribution is 7.73. The smallest absolute Gasteiger partial charge is 0.188 e. The van der Waals surface area contributed by atoms with Crippen LogP contribution in [0.25, 0.3) is 22.3 Å². The lowest BCUT2D eigenvalue weighted by Gasteiger charge is -2.09. The van der Waals surface area contributed by atoms with Gasteiger partial charge in [-0.2, -0.15) is 14.7 Å². The summed E-state index contributed by atoms with van der Waals surface area (Å²) in [5.41, 5.74) is 5.73. The molecule has 1 aromatic heterocycles. The van der Waals surface area contributed by atoms with Crippen molar-refractivity contribution < 1.29 is 14.7 Å². The van der Waals surface area contributed by atoms with Crippen LogP contribution in [0.4, 0.5) is 0 Å². The second-order valence-electron chi connectivity index (χ2n) is 5.63. The predicted molar refractivity (Wildman–Crippen MR) is 97.9 cm³/mol. The third kappa shape index (κ3) is 3.37. The molecule has 0 amide bonds. The standard InChI is InChI=1S/C18H18O3PS/c1-12-3-7-14(8-4-12)16-11-23-18(22(19,20)21)17(16)15-9-5-13(2)6-10-15/h3-11,19-21H,1-2H3/q+1. The van der Waals surface area contributed by atoms with Crippen molar-refractivity contribution in [2.24, 2.45) is 0 Å². The zero-order chi connectivity index (χ0) is 16.6. The Hall–Kier alpha value is -1.55. The van der Waals surface area contributed by atoms with Gasteiger partial charge in [-0.05, 0) is 25.0 Å². The number of rotatable bonds is 3. The normalized spacial score (nSPS) is 11.7. The summed E-state index contributed by atoms with van der Waals surface area (Å²) in [6.07, 6.45) is 0. The highest BCUT2D eigenvalue weighted by Crippen LogP contribution is 2.50. The third-order valence-electron chi connectivity index (χ3n) is 3.75. The first-order chi connectivity index (χ1) is 10.9. The maximum Gasteiger partial charge on any atom is 0.452 e. The summed E-state index contributed by atoms with van der Waals surface area (Å²) >= 11 is 1.18. The van der Waals surface area contributed by atoms with Gasteiger partial charge < -0.3 is 0 Å². The van der Waals surface area contributed by atoms with Gasteiger partial charge in [0, 0.05) is 10.9 Å². The Bertz CT molecular complexity index is 815. The first-order valence-electron chi connectivity index (χ1n) is 7.19. The molecule has 0 saturated carbocycles. The second kappa shape index (κ2) is 6.16. The number of benzene rings is 2. The van der Waals surface area contributed by atoms with E-state index in [-0.39, 0.29) is 4.62 Å². The molecule has 0 fully saturated rings. The van der Waals surface area contributed by atoms with Crippen molar-refractivity contribution >= 4 is 23.9 Å². The van der Waals surface area contributed by atoms with Crippen LogP contribution in [0.15, 0.2) is 53.9 Å². The lowest BCUT2D eigenvalue weighted by molar-refractivity contribution is 0.348. The van der Waals surface area contributed by atoms with Crippen LogP contribution >= 0.6 is 19.3 Å². The summed E-state index contributed by atoms with van der Waals surface area (Å²) < 4.78 is 0.233. The van der Waals surface area contributed by atoms with Crippen LogP contribution in [-0.2, 0) is 0 Å². The summed E-state index contributed by atoms with van der Waals surface area (Å²) in [4.78, 5) is 29.5. The van der Waals surface area contributed by atoms with Crippen molar-refractivity contribution in [3.63, 3.8) is 0 Å². The summed E-state index contributed by atoms with van der Waals surface area (Å²) in [5.74, 6) is 0. The van der Waals surface area contributed by atoms with Gasteiger partial charge in [0.15, 0.2) is 0 Å². The highest BCUT2D eigenvalue weighted by Gasteiger charge is 2.40. The molecule has 3 nitrogen and oxygen atoms in total. The SMILES string of the molecule is Cc1ccc(-c2csc([P+](O)(O)O)c2-c2ccc(C)cc2)cc1. The van der Waals surface area contributed by atoms with Gasteiger partial charge in [0.2, 0.25) is 4.62 Å². The highest BCUT2D eigenvalue weighted by atomic mass is 32.1. The molecule has 3 rings (SSSR count). The quantitative estimate of drug-likeness (QED) is 0.627. The van der Waals surface area contributed by atoms with Crippen LogP contribution in [-0.4, -0.2) is 14.7 Å². The lowest BCUT2D eigenvalue weighted by atomic mass is 9.98. The molecular weight excluding hydrogens is 327 g/mol. The molecule has 2 aromatic carbocycles. The summed E-state index contributed by atoms with van der Waals surface area (Å²) in [5, 5.41) is 1.87. The van der Waals surface area contributed by atoms with Gasteiger partial charge in [-0.25, -0.2) is 0 Å². The van der Waals surface area contributed by atoms with Crippen LogP contribution in [0.5, 0.6) is 0 Å². The van der Waals surface area contributed by atoms with E-state index in [0.717, 1.165) is 27.8 Å².